The van der Waals surface area contributed by atoms with Gasteiger partial charge in [0.25, 0.3) is 5.92 Å². The summed E-state index contributed by atoms with van der Waals surface area (Å²) in [5.74, 6) is -5.17. The Morgan fingerprint density at radius 1 is 1.42 bits per heavy atom. The van der Waals surface area contributed by atoms with Crippen LogP contribution in [-0.4, -0.2) is 36.5 Å². The van der Waals surface area contributed by atoms with Crippen molar-refractivity contribution in [2.45, 2.75) is 19.4 Å². The zero-order valence-corrected chi connectivity index (χ0v) is 10.8. The molecule has 0 N–H and O–H groups in total. The van der Waals surface area contributed by atoms with E-state index < -0.39 is 24.4 Å². The molecule has 1 saturated heterocycles. The van der Waals surface area contributed by atoms with E-state index in [0.717, 1.165) is 5.56 Å². The maximum Gasteiger partial charge on any atom is 0.316 e. The quantitative estimate of drug-likeness (QED) is 0.786. The average Bonchev–Trinajstić information content (AvgIpc) is 2.66. The van der Waals surface area contributed by atoms with Gasteiger partial charge >= 0.3 is 5.97 Å². The number of rotatable bonds is 4. The number of likely N-dealkylation sites (tertiary alicyclic amines) is 1. The minimum Gasteiger partial charge on any atom is -0.466 e. The Labute approximate surface area is 111 Å². The zero-order chi connectivity index (χ0) is 13.9. The Bertz CT molecular complexity index is 436. The Morgan fingerprint density at radius 2 is 2.11 bits per heavy atom. The van der Waals surface area contributed by atoms with Crippen molar-refractivity contribution in [3.05, 3.63) is 35.9 Å². The van der Waals surface area contributed by atoms with Crippen molar-refractivity contribution in [3.8, 4) is 0 Å². The predicted octanol–water partition coefficient (Wildman–Crippen LogP) is 2.32. The number of esters is 1. The van der Waals surface area contributed by atoms with Gasteiger partial charge in [0, 0.05) is 13.1 Å². The number of halogens is 2. The van der Waals surface area contributed by atoms with E-state index in [9.17, 15) is 13.6 Å². The molecule has 1 aliphatic rings. The van der Waals surface area contributed by atoms with Crippen LogP contribution in [0.5, 0.6) is 0 Å². The van der Waals surface area contributed by atoms with Gasteiger partial charge in [-0.2, -0.15) is 0 Å². The molecule has 0 spiro atoms. The molecule has 0 aliphatic carbocycles. The second-order valence-corrected chi connectivity index (χ2v) is 4.72. The summed E-state index contributed by atoms with van der Waals surface area (Å²) in [6.45, 7) is 1.81. The molecule has 1 unspecified atom stereocenters. The summed E-state index contributed by atoms with van der Waals surface area (Å²) in [5, 5.41) is 0. The van der Waals surface area contributed by atoms with E-state index in [2.05, 4.69) is 0 Å². The van der Waals surface area contributed by atoms with Crippen molar-refractivity contribution in [1.82, 2.24) is 4.90 Å². The van der Waals surface area contributed by atoms with Crippen LogP contribution in [0, 0.1) is 5.92 Å². The van der Waals surface area contributed by atoms with E-state index in [1.165, 1.54) is 0 Å². The van der Waals surface area contributed by atoms with Crippen LogP contribution in [0.4, 0.5) is 8.78 Å². The summed E-state index contributed by atoms with van der Waals surface area (Å²) < 4.78 is 32.3. The standard InChI is InChI=1S/C14H17F2NO2/c1-2-19-13(18)12-9-17(10-14(12,15)16)8-11-6-4-3-5-7-11/h3-7,12H,2,8-10H2,1H3. The van der Waals surface area contributed by atoms with Gasteiger partial charge in [-0.05, 0) is 12.5 Å². The van der Waals surface area contributed by atoms with Gasteiger partial charge in [-0.15, -0.1) is 0 Å². The summed E-state index contributed by atoms with van der Waals surface area (Å²) in [5.41, 5.74) is 0.961. The van der Waals surface area contributed by atoms with Gasteiger partial charge in [0.15, 0.2) is 0 Å². The summed E-state index contributed by atoms with van der Waals surface area (Å²) in [7, 11) is 0. The Morgan fingerprint density at radius 3 is 2.74 bits per heavy atom. The van der Waals surface area contributed by atoms with Crippen LogP contribution in [0.1, 0.15) is 12.5 Å². The molecule has 0 radical (unpaired) electrons. The van der Waals surface area contributed by atoms with Crippen molar-refractivity contribution in [2.75, 3.05) is 19.7 Å². The monoisotopic (exact) mass is 269 g/mol. The predicted molar refractivity (Wildman–Crippen MR) is 66.8 cm³/mol. The molecule has 1 heterocycles. The number of benzene rings is 1. The third-order valence-corrected chi connectivity index (χ3v) is 3.21. The minimum atomic E-state index is -3.01. The molecule has 0 aromatic heterocycles. The molecule has 2 rings (SSSR count). The first kappa shape index (κ1) is 13.9. The fourth-order valence-electron chi connectivity index (χ4n) is 2.32. The molecule has 3 nitrogen and oxygen atoms in total. The molecule has 1 atom stereocenters. The third kappa shape index (κ3) is 3.29. The molecule has 0 amide bonds. The van der Waals surface area contributed by atoms with E-state index in [1.807, 2.05) is 30.3 Å². The highest BCUT2D eigenvalue weighted by Crippen LogP contribution is 2.34. The first-order valence-electron chi connectivity index (χ1n) is 6.33. The van der Waals surface area contributed by atoms with Crippen LogP contribution >= 0.6 is 0 Å². The van der Waals surface area contributed by atoms with Gasteiger partial charge in [-0.3, -0.25) is 9.69 Å². The van der Waals surface area contributed by atoms with Crippen LogP contribution in [0.2, 0.25) is 0 Å². The largest absolute Gasteiger partial charge is 0.466 e. The Kier molecular flexibility index (Phi) is 4.14. The van der Waals surface area contributed by atoms with Crippen molar-refractivity contribution in [1.29, 1.82) is 0 Å². The topological polar surface area (TPSA) is 29.5 Å². The molecular weight excluding hydrogens is 252 g/mol. The minimum absolute atomic E-state index is 0.0424. The normalized spacial score (nSPS) is 22.4. The average molecular weight is 269 g/mol. The molecule has 0 saturated carbocycles. The first-order valence-corrected chi connectivity index (χ1v) is 6.33. The van der Waals surface area contributed by atoms with E-state index >= 15 is 0 Å². The molecule has 1 aromatic rings. The van der Waals surface area contributed by atoms with E-state index in [-0.39, 0.29) is 13.2 Å². The van der Waals surface area contributed by atoms with Gasteiger partial charge in [-0.1, -0.05) is 30.3 Å². The van der Waals surface area contributed by atoms with E-state index in [4.69, 9.17) is 4.74 Å². The molecule has 1 fully saturated rings. The first-order chi connectivity index (χ1) is 9.03. The van der Waals surface area contributed by atoms with E-state index in [1.54, 1.807) is 11.8 Å². The number of nitrogens with zero attached hydrogens (tertiary/aromatic N) is 1. The second-order valence-electron chi connectivity index (χ2n) is 4.72. The fraction of sp³-hybridized carbons (Fsp3) is 0.500. The molecule has 0 bridgehead atoms. The highest BCUT2D eigenvalue weighted by atomic mass is 19.3. The second kappa shape index (κ2) is 5.65. The van der Waals surface area contributed by atoms with E-state index in [0.29, 0.717) is 6.54 Å². The van der Waals surface area contributed by atoms with Crippen LogP contribution in [0.3, 0.4) is 0 Å². The van der Waals surface area contributed by atoms with Gasteiger partial charge in [-0.25, -0.2) is 8.78 Å². The van der Waals surface area contributed by atoms with Crippen LogP contribution in [0.25, 0.3) is 0 Å². The van der Waals surface area contributed by atoms with Gasteiger partial charge in [0.2, 0.25) is 0 Å². The van der Waals surface area contributed by atoms with Crippen molar-refractivity contribution >= 4 is 5.97 Å². The van der Waals surface area contributed by atoms with Crippen molar-refractivity contribution < 1.29 is 18.3 Å². The summed E-state index contributed by atoms with van der Waals surface area (Å²) in [6, 6.07) is 9.38. The van der Waals surface area contributed by atoms with Crippen molar-refractivity contribution in [3.63, 3.8) is 0 Å². The Balaban J connectivity index is 2.01. The lowest BCUT2D eigenvalue weighted by molar-refractivity contribution is -0.157. The fourth-order valence-corrected chi connectivity index (χ4v) is 2.32. The summed E-state index contributed by atoms with van der Waals surface area (Å²) in [4.78, 5) is 13.1. The third-order valence-electron chi connectivity index (χ3n) is 3.21. The number of hydrogen-bond acceptors (Lipinski definition) is 3. The Hall–Kier alpha value is -1.49. The molecule has 104 valence electrons. The van der Waals surface area contributed by atoms with Gasteiger partial charge < -0.3 is 4.74 Å². The number of carbonyl (C=O) groups is 1. The van der Waals surface area contributed by atoms with Gasteiger partial charge in [0.1, 0.15) is 5.92 Å². The molecule has 1 aromatic carbocycles. The molecular formula is C14H17F2NO2. The zero-order valence-electron chi connectivity index (χ0n) is 10.8. The lowest BCUT2D eigenvalue weighted by Gasteiger charge is -2.15. The number of ether oxygens (including phenoxy) is 1. The maximum atomic E-state index is 13.8. The highest BCUT2D eigenvalue weighted by molar-refractivity contribution is 5.74. The molecule has 1 aliphatic heterocycles. The van der Waals surface area contributed by atoms with Crippen LogP contribution < -0.4 is 0 Å². The maximum absolute atomic E-state index is 13.8. The SMILES string of the molecule is CCOC(=O)C1CN(Cc2ccccc2)CC1(F)F. The van der Waals surface area contributed by atoms with Crippen LogP contribution in [0.15, 0.2) is 30.3 Å². The lowest BCUT2D eigenvalue weighted by atomic mass is 10.1. The molecule has 5 heteroatoms. The number of carbonyl (C=O) groups excluding carboxylic acids is 1. The molecule has 19 heavy (non-hydrogen) atoms. The summed E-state index contributed by atoms with van der Waals surface area (Å²) >= 11 is 0. The lowest BCUT2D eigenvalue weighted by Crippen LogP contribution is -2.34. The smallest absolute Gasteiger partial charge is 0.316 e. The van der Waals surface area contributed by atoms with Gasteiger partial charge in [0.05, 0.1) is 13.2 Å². The van der Waals surface area contributed by atoms with Crippen LogP contribution in [-0.2, 0) is 16.1 Å². The van der Waals surface area contributed by atoms with Crippen molar-refractivity contribution in [2.24, 2.45) is 5.92 Å². The highest BCUT2D eigenvalue weighted by Gasteiger charge is 2.52. The summed E-state index contributed by atoms with van der Waals surface area (Å²) in [6.07, 6.45) is 0. The number of alkyl halides is 2. The number of hydrogen-bond donors (Lipinski definition) is 0.